The van der Waals surface area contributed by atoms with Crippen molar-refractivity contribution in [1.29, 1.82) is 21.0 Å². The summed E-state index contributed by atoms with van der Waals surface area (Å²) in [5.41, 5.74) is 2.15. The van der Waals surface area contributed by atoms with Crippen LogP contribution in [0.5, 0.6) is 0 Å². The zero-order valence-electron chi connectivity index (χ0n) is 24.1. The van der Waals surface area contributed by atoms with Crippen LogP contribution < -0.4 is 9.80 Å². The quantitative estimate of drug-likeness (QED) is 0.173. The van der Waals surface area contributed by atoms with Gasteiger partial charge in [0.15, 0.2) is 23.1 Å². The molecule has 44 heavy (non-hydrogen) atoms. The first kappa shape index (κ1) is 28.8. The predicted molar refractivity (Wildman–Crippen MR) is 174 cm³/mol. The second-order valence-electron chi connectivity index (χ2n) is 9.84. The number of aliphatic imine (C=N–C) groups is 2. The molecule has 1 aliphatic heterocycles. The molecule has 8 heteroatoms. The molecule has 0 atom stereocenters. The van der Waals surface area contributed by atoms with Gasteiger partial charge in [-0.05, 0) is 48.2 Å². The molecule has 1 heterocycles. The van der Waals surface area contributed by atoms with E-state index in [4.69, 9.17) is 9.98 Å². The van der Waals surface area contributed by atoms with Crippen molar-refractivity contribution in [3.63, 3.8) is 0 Å². The molecule has 5 rings (SSSR count). The predicted octanol–water partition coefficient (Wildman–Crippen LogP) is 7.79. The molecule has 0 fully saturated rings. The number of hydrogen-bond donors (Lipinski definition) is 0. The van der Waals surface area contributed by atoms with Gasteiger partial charge in [0.2, 0.25) is 0 Å². The minimum Gasteiger partial charge on any atom is -0.311 e. The monoisotopic (exact) mass is 568 g/mol. The summed E-state index contributed by atoms with van der Waals surface area (Å²) in [6.45, 7) is 11.2. The Morgan fingerprint density at radius 3 is 1.68 bits per heavy atom. The van der Waals surface area contributed by atoms with E-state index in [9.17, 15) is 21.0 Å². The van der Waals surface area contributed by atoms with E-state index in [1.807, 2.05) is 128 Å². The molecule has 0 spiro atoms. The minimum atomic E-state index is -0.171. The molecule has 0 saturated carbocycles. The van der Waals surface area contributed by atoms with Gasteiger partial charge in [0, 0.05) is 11.1 Å². The molecule has 0 N–H and O–H groups in total. The van der Waals surface area contributed by atoms with E-state index in [-0.39, 0.29) is 34.2 Å². The first-order valence-electron chi connectivity index (χ1n) is 13.5. The molecule has 0 bridgehead atoms. The molecule has 208 valence electrons. The van der Waals surface area contributed by atoms with Crippen LogP contribution in [0.3, 0.4) is 0 Å². The van der Waals surface area contributed by atoms with E-state index in [1.165, 1.54) is 0 Å². The van der Waals surface area contributed by atoms with Crippen molar-refractivity contribution < 1.29 is 0 Å². The van der Waals surface area contributed by atoms with Crippen LogP contribution in [0.1, 0.15) is 13.8 Å². The van der Waals surface area contributed by atoms with Gasteiger partial charge in [-0.1, -0.05) is 79.9 Å². The van der Waals surface area contributed by atoms with E-state index in [2.05, 4.69) is 13.2 Å². The maximum Gasteiger partial charge on any atom is 0.160 e. The summed E-state index contributed by atoms with van der Waals surface area (Å²) in [7, 11) is 0. The lowest BCUT2D eigenvalue weighted by Gasteiger charge is -2.39. The van der Waals surface area contributed by atoms with Crippen molar-refractivity contribution in [3.05, 3.63) is 132 Å². The molecule has 0 aromatic heterocycles. The number of nitriles is 4. The fourth-order valence-electron chi connectivity index (χ4n) is 5.11. The van der Waals surface area contributed by atoms with Crippen LogP contribution in [-0.4, -0.2) is 11.4 Å². The molecule has 0 amide bonds. The summed E-state index contributed by atoms with van der Waals surface area (Å²) in [6.07, 6.45) is 0. The maximum atomic E-state index is 10.0. The van der Waals surface area contributed by atoms with Gasteiger partial charge in [0.25, 0.3) is 0 Å². The Kier molecular flexibility index (Phi) is 7.86. The normalized spacial score (nSPS) is 13.8. The fourth-order valence-corrected chi connectivity index (χ4v) is 5.11. The standard InChI is InChI=1S/C36H24N8/c1-23(19-37)32(21-39)41-35-25(3)43(30-17-16-27-10-5-6-12-29(27)18-30)26(4)36(42-33(22-40)24(2)20-38)44(35)34-15-9-13-28-11-7-8-14-31(28)34/h5-18H,1-2H2,3-4H3/b41-32-,42-33-. The molecule has 4 aromatic rings. The Hall–Kier alpha value is -6.74. The fraction of sp³-hybridized carbons (Fsp3) is 0.0556. The van der Waals surface area contributed by atoms with E-state index in [0.29, 0.717) is 17.1 Å². The third-order valence-electron chi connectivity index (χ3n) is 7.23. The number of nitrogens with zero attached hydrogens (tertiary/aromatic N) is 8. The van der Waals surface area contributed by atoms with Gasteiger partial charge in [-0.2, -0.15) is 21.0 Å². The summed E-state index contributed by atoms with van der Waals surface area (Å²) in [6, 6.07) is 35.3. The first-order valence-corrected chi connectivity index (χ1v) is 13.5. The third kappa shape index (κ3) is 5.08. The zero-order chi connectivity index (χ0) is 31.4. The Balaban J connectivity index is 1.92. The summed E-state index contributed by atoms with van der Waals surface area (Å²) in [5.74, 6) is 0.568. The Labute approximate surface area is 255 Å². The van der Waals surface area contributed by atoms with Crippen LogP contribution in [0, 0.1) is 45.3 Å². The van der Waals surface area contributed by atoms with Crippen molar-refractivity contribution in [2.75, 3.05) is 9.80 Å². The van der Waals surface area contributed by atoms with Gasteiger partial charge in [-0.15, -0.1) is 0 Å². The van der Waals surface area contributed by atoms with Gasteiger partial charge in [0.05, 0.1) is 28.2 Å². The van der Waals surface area contributed by atoms with Crippen molar-refractivity contribution >= 4 is 44.3 Å². The van der Waals surface area contributed by atoms with Crippen LogP contribution in [-0.2, 0) is 0 Å². The largest absolute Gasteiger partial charge is 0.311 e. The summed E-state index contributed by atoms with van der Waals surface area (Å²) < 4.78 is 0. The van der Waals surface area contributed by atoms with E-state index in [0.717, 1.165) is 27.2 Å². The van der Waals surface area contributed by atoms with E-state index < -0.39 is 0 Å². The average Bonchev–Trinajstić information content (AvgIpc) is 3.06. The molecule has 4 aromatic carbocycles. The van der Waals surface area contributed by atoms with Gasteiger partial charge >= 0.3 is 0 Å². The molecule has 0 saturated heterocycles. The number of hydrogen-bond acceptors (Lipinski definition) is 8. The van der Waals surface area contributed by atoms with E-state index in [1.54, 1.807) is 4.90 Å². The zero-order valence-corrected chi connectivity index (χ0v) is 24.1. The number of benzene rings is 4. The summed E-state index contributed by atoms with van der Waals surface area (Å²) in [5, 5.41) is 43.0. The molecule has 0 aliphatic carbocycles. The third-order valence-corrected chi connectivity index (χ3v) is 7.23. The summed E-state index contributed by atoms with van der Waals surface area (Å²) >= 11 is 0. The average molecular weight is 569 g/mol. The highest BCUT2D eigenvalue weighted by Gasteiger charge is 2.33. The first-order chi connectivity index (χ1) is 21.3. The number of fused-ring (bicyclic) bond motifs is 2. The summed E-state index contributed by atoms with van der Waals surface area (Å²) in [4.78, 5) is 13.1. The van der Waals surface area contributed by atoms with Gasteiger partial charge in [0.1, 0.15) is 24.3 Å². The molecule has 0 radical (unpaired) electrons. The second-order valence-corrected chi connectivity index (χ2v) is 9.84. The lowest BCUT2D eigenvalue weighted by Crippen LogP contribution is -2.36. The van der Waals surface area contributed by atoms with Gasteiger partial charge in [-0.3, -0.25) is 4.90 Å². The van der Waals surface area contributed by atoms with Crippen molar-refractivity contribution in [1.82, 2.24) is 0 Å². The van der Waals surface area contributed by atoms with Gasteiger partial charge < -0.3 is 4.90 Å². The SMILES string of the molecule is C=C(C#N)/C(C#N)=N\C1=C(C)N(c2ccc3ccccc3c2)C(C)=C(/N=C(/C#N)C(=C)C#N)N1c1cccc2ccccc12. The van der Waals surface area contributed by atoms with Crippen LogP contribution in [0.2, 0.25) is 0 Å². The van der Waals surface area contributed by atoms with E-state index >= 15 is 0 Å². The lowest BCUT2D eigenvalue weighted by molar-refractivity contribution is 0.870. The highest BCUT2D eigenvalue weighted by atomic mass is 15.4. The Morgan fingerprint density at radius 2 is 1.11 bits per heavy atom. The highest BCUT2D eigenvalue weighted by Crippen LogP contribution is 2.42. The minimum absolute atomic E-state index is 0.102. The van der Waals surface area contributed by atoms with Crippen LogP contribution in [0.15, 0.2) is 142 Å². The van der Waals surface area contributed by atoms with Crippen LogP contribution >= 0.6 is 0 Å². The smallest absolute Gasteiger partial charge is 0.160 e. The second kappa shape index (κ2) is 12.0. The van der Waals surface area contributed by atoms with Crippen molar-refractivity contribution in [2.24, 2.45) is 9.98 Å². The van der Waals surface area contributed by atoms with Crippen LogP contribution in [0.25, 0.3) is 21.5 Å². The number of allylic oxidation sites excluding steroid dienone is 4. The molecule has 0 unspecified atom stereocenters. The Morgan fingerprint density at radius 1 is 0.591 bits per heavy atom. The van der Waals surface area contributed by atoms with Gasteiger partial charge in [-0.25, -0.2) is 9.98 Å². The molecule has 1 aliphatic rings. The van der Waals surface area contributed by atoms with Crippen molar-refractivity contribution in [3.8, 4) is 24.3 Å². The van der Waals surface area contributed by atoms with Crippen molar-refractivity contribution in [2.45, 2.75) is 13.8 Å². The molecule has 8 nitrogen and oxygen atoms in total. The highest BCUT2D eigenvalue weighted by molar-refractivity contribution is 6.15. The number of anilines is 2. The topological polar surface area (TPSA) is 126 Å². The number of rotatable bonds is 6. The molecular weight excluding hydrogens is 544 g/mol. The molecular formula is C36H24N8. The van der Waals surface area contributed by atoms with Crippen LogP contribution in [0.4, 0.5) is 11.4 Å². The lowest BCUT2D eigenvalue weighted by atomic mass is 10.1. The Bertz CT molecular complexity index is 2100. The maximum absolute atomic E-state index is 10.0.